The van der Waals surface area contributed by atoms with E-state index in [2.05, 4.69) is 4.98 Å². The Morgan fingerprint density at radius 3 is 2.88 bits per heavy atom. The van der Waals surface area contributed by atoms with Crippen LogP contribution in [0.3, 0.4) is 0 Å². The van der Waals surface area contributed by atoms with Crippen LogP contribution in [-0.4, -0.2) is 68.0 Å². The number of hydrogen-bond donors (Lipinski definition) is 0. The predicted octanol–water partition coefficient (Wildman–Crippen LogP) is 1.29. The van der Waals surface area contributed by atoms with Crippen molar-refractivity contribution in [1.29, 1.82) is 0 Å². The first-order valence-electron chi connectivity index (χ1n) is 8.67. The summed E-state index contributed by atoms with van der Waals surface area (Å²) in [4.78, 5) is 19.0. The van der Waals surface area contributed by atoms with E-state index in [1.807, 2.05) is 17.0 Å². The summed E-state index contributed by atoms with van der Waals surface area (Å²) in [6.07, 6.45) is 6.13. The van der Waals surface area contributed by atoms with Crippen molar-refractivity contribution >= 4 is 5.91 Å². The number of likely N-dealkylation sites (tertiary alicyclic amines) is 1. The molecule has 3 atom stereocenters. The highest BCUT2D eigenvalue weighted by molar-refractivity contribution is 5.80. The monoisotopic (exact) mass is 334 g/mol. The number of amides is 1. The molecule has 0 spiro atoms. The number of ether oxygens (including phenoxy) is 3. The van der Waals surface area contributed by atoms with E-state index < -0.39 is 0 Å². The Balaban J connectivity index is 1.70. The second-order valence-corrected chi connectivity index (χ2v) is 6.41. The smallest absolute Gasteiger partial charge is 0.228 e. The molecule has 6 nitrogen and oxygen atoms in total. The minimum Gasteiger partial charge on any atom is -0.382 e. The average Bonchev–Trinajstić information content (AvgIpc) is 3.26. The molecule has 24 heavy (non-hydrogen) atoms. The van der Waals surface area contributed by atoms with Crippen molar-refractivity contribution in [1.82, 2.24) is 9.88 Å². The number of pyridine rings is 1. The van der Waals surface area contributed by atoms with E-state index >= 15 is 0 Å². The van der Waals surface area contributed by atoms with Gasteiger partial charge in [0.25, 0.3) is 0 Å². The van der Waals surface area contributed by atoms with Gasteiger partial charge >= 0.3 is 0 Å². The van der Waals surface area contributed by atoms with E-state index in [4.69, 9.17) is 14.2 Å². The number of carbonyl (C=O) groups excluding carboxylic acids is 1. The SMILES string of the molecule is COCCO[C@H]1CCN(C(=O)C2CCOC2)[C@H]1Cc1ccncc1. The maximum absolute atomic E-state index is 12.9. The highest BCUT2D eigenvalue weighted by Crippen LogP contribution is 2.28. The lowest BCUT2D eigenvalue weighted by Gasteiger charge is -2.30. The normalized spacial score (nSPS) is 26.9. The first kappa shape index (κ1) is 17.3. The summed E-state index contributed by atoms with van der Waals surface area (Å²) in [7, 11) is 1.67. The maximum atomic E-state index is 12.9. The summed E-state index contributed by atoms with van der Waals surface area (Å²) < 4.78 is 16.5. The van der Waals surface area contributed by atoms with E-state index in [0.29, 0.717) is 26.4 Å². The number of hydrogen-bond acceptors (Lipinski definition) is 5. The third kappa shape index (κ3) is 4.12. The van der Waals surface area contributed by atoms with Crippen LogP contribution in [-0.2, 0) is 25.4 Å². The molecule has 2 saturated heterocycles. The Kier molecular flexibility index (Phi) is 6.18. The molecule has 2 aliphatic heterocycles. The van der Waals surface area contributed by atoms with Crippen LogP contribution in [0.25, 0.3) is 0 Å². The van der Waals surface area contributed by atoms with Crippen molar-refractivity contribution in [2.45, 2.75) is 31.4 Å². The Hall–Kier alpha value is -1.50. The second-order valence-electron chi connectivity index (χ2n) is 6.41. The minimum absolute atomic E-state index is 0.00247. The molecular weight excluding hydrogens is 308 g/mol. The van der Waals surface area contributed by atoms with Crippen LogP contribution in [0.5, 0.6) is 0 Å². The number of aromatic nitrogens is 1. The second kappa shape index (κ2) is 8.55. The summed E-state index contributed by atoms with van der Waals surface area (Å²) in [6, 6.07) is 4.08. The van der Waals surface area contributed by atoms with Crippen LogP contribution >= 0.6 is 0 Å². The molecule has 0 aromatic carbocycles. The summed E-state index contributed by atoms with van der Waals surface area (Å²) in [5.41, 5.74) is 1.18. The van der Waals surface area contributed by atoms with Gasteiger partial charge in [-0.05, 0) is 37.0 Å². The fourth-order valence-corrected chi connectivity index (χ4v) is 3.54. The van der Waals surface area contributed by atoms with Gasteiger partial charge in [0.05, 0.1) is 37.9 Å². The van der Waals surface area contributed by atoms with Gasteiger partial charge in [-0.3, -0.25) is 9.78 Å². The molecule has 1 unspecified atom stereocenters. The highest BCUT2D eigenvalue weighted by Gasteiger charge is 2.40. The van der Waals surface area contributed by atoms with Crippen LogP contribution < -0.4 is 0 Å². The molecular formula is C18H26N2O4. The van der Waals surface area contributed by atoms with Crippen LogP contribution in [0.4, 0.5) is 0 Å². The highest BCUT2D eigenvalue weighted by atomic mass is 16.5. The molecule has 2 fully saturated rings. The van der Waals surface area contributed by atoms with E-state index in [0.717, 1.165) is 25.8 Å². The van der Waals surface area contributed by atoms with Gasteiger partial charge in [-0.25, -0.2) is 0 Å². The zero-order valence-corrected chi connectivity index (χ0v) is 14.2. The fourth-order valence-electron chi connectivity index (χ4n) is 3.54. The van der Waals surface area contributed by atoms with Gasteiger partial charge in [-0.2, -0.15) is 0 Å². The lowest BCUT2D eigenvalue weighted by Crippen LogP contribution is -2.45. The van der Waals surface area contributed by atoms with Gasteiger partial charge < -0.3 is 19.1 Å². The van der Waals surface area contributed by atoms with Gasteiger partial charge in [-0.1, -0.05) is 0 Å². The quantitative estimate of drug-likeness (QED) is 0.703. The molecule has 0 aliphatic carbocycles. The molecule has 2 aliphatic rings. The van der Waals surface area contributed by atoms with Crippen molar-refractivity contribution in [2.75, 3.05) is 40.1 Å². The van der Waals surface area contributed by atoms with Crippen molar-refractivity contribution < 1.29 is 19.0 Å². The molecule has 1 aromatic heterocycles. The van der Waals surface area contributed by atoms with Gasteiger partial charge in [0.1, 0.15) is 0 Å². The lowest BCUT2D eigenvalue weighted by molar-refractivity contribution is -0.137. The lowest BCUT2D eigenvalue weighted by atomic mass is 10.0. The number of methoxy groups -OCH3 is 1. The molecule has 132 valence electrons. The third-order valence-electron chi connectivity index (χ3n) is 4.86. The molecule has 0 N–H and O–H groups in total. The standard InChI is InChI=1S/C18H26N2O4/c1-22-10-11-24-17-4-8-20(18(21)15-5-9-23-13-15)16(17)12-14-2-6-19-7-3-14/h2-3,6-7,15-17H,4-5,8-13H2,1H3/t15?,16-,17-/m0/s1. The molecule has 0 radical (unpaired) electrons. The number of carbonyl (C=O) groups is 1. The summed E-state index contributed by atoms with van der Waals surface area (Å²) in [5.74, 6) is 0.215. The predicted molar refractivity (Wildman–Crippen MR) is 88.6 cm³/mol. The van der Waals surface area contributed by atoms with Crippen LogP contribution in [0.2, 0.25) is 0 Å². The van der Waals surface area contributed by atoms with Crippen molar-refractivity contribution in [3.63, 3.8) is 0 Å². The third-order valence-corrected chi connectivity index (χ3v) is 4.86. The van der Waals surface area contributed by atoms with E-state index in [1.165, 1.54) is 5.56 Å². The van der Waals surface area contributed by atoms with E-state index in [9.17, 15) is 4.79 Å². The van der Waals surface area contributed by atoms with Crippen molar-refractivity contribution in [3.8, 4) is 0 Å². The zero-order valence-electron chi connectivity index (χ0n) is 14.2. The molecule has 3 heterocycles. The Morgan fingerprint density at radius 1 is 1.33 bits per heavy atom. The maximum Gasteiger partial charge on any atom is 0.228 e. The molecule has 0 saturated carbocycles. The zero-order chi connectivity index (χ0) is 16.8. The van der Waals surface area contributed by atoms with Crippen LogP contribution in [0.1, 0.15) is 18.4 Å². The number of nitrogens with zero attached hydrogens (tertiary/aromatic N) is 2. The van der Waals surface area contributed by atoms with E-state index in [1.54, 1.807) is 19.5 Å². The fraction of sp³-hybridized carbons (Fsp3) is 0.667. The first-order valence-corrected chi connectivity index (χ1v) is 8.67. The molecule has 0 bridgehead atoms. The molecule has 1 aromatic rings. The van der Waals surface area contributed by atoms with Gasteiger partial charge in [0, 0.05) is 32.7 Å². The Bertz CT molecular complexity index is 519. The molecule has 1 amide bonds. The topological polar surface area (TPSA) is 60.9 Å². The largest absolute Gasteiger partial charge is 0.382 e. The van der Waals surface area contributed by atoms with Crippen LogP contribution in [0, 0.1) is 5.92 Å². The van der Waals surface area contributed by atoms with Gasteiger partial charge in [-0.15, -0.1) is 0 Å². The molecule has 3 rings (SSSR count). The molecule has 6 heteroatoms. The summed E-state index contributed by atoms with van der Waals surface area (Å²) in [6.45, 7) is 3.12. The van der Waals surface area contributed by atoms with Crippen molar-refractivity contribution in [2.24, 2.45) is 5.92 Å². The van der Waals surface area contributed by atoms with E-state index in [-0.39, 0.29) is 24.0 Å². The number of rotatable bonds is 7. The summed E-state index contributed by atoms with van der Waals surface area (Å²) >= 11 is 0. The van der Waals surface area contributed by atoms with Crippen molar-refractivity contribution in [3.05, 3.63) is 30.1 Å². The minimum atomic E-state index is 0.00247. The first-order chi connectivity index (χ1) is 11.8. The van der Waals surface area contributed by atoms with Gasteiger partial charge in [0.15, 0.2) is 0 Å². The van der Waals surface area contributed by atoms with Gasteiger partial charge in [0.2, 0.25) is 5.91 Å². The average molecular weight is 334 g/mol. The summed E-state index contributed by atoms with van der Waals surface area (Å²) in [5, 5.41) is 0. The Labute approximate surface area is 143 Å². The van der Waals surface area contributed by atoms with Crippen LogP contribution in [0.15, 0.2) is 24.5 Å². The Morgan fingerprint density at radius 2 is 2.17 bits per heavy atom.